The quantitative estimate of drug-likeness (QED) is 0.809. The molecule has 1 aliphatic heterocycles. The van der Waals surface area contributed by atoms with Gasteiger partial charge in [-0.3, -0.25) is 15.0 Å². The zero-order valence-corrected chi connectivity index (χ0v) is 12.4. The molecule has 0 radical (unpaired) electrons. The average Bonchev–Trinajstić information content (AvgIpc) is 2.44. The van der Waals surface area contributed by atoms with E-state index >= 15 is 0 Å². The Bertz CT molecular complexity index is 490. The number of carbonyl (C=O) groups is 2. The van der Waals surface area contributed by atoms with E-state index < -0.39 is 0 Å². The SMILES string of the molecule is COc1ccc(CSCC2CC(=O)N2NC(C)=O)cc1. The van der Waals surface area contributed by atoms with Crippen LogP contribution in [0.5, 0.6) is 5.75 Å². The molecular formula is C14H18N2O3S. The van der Waals surface area contributed by atoms with Crippen LogP contribution < -0.4 is 10.2 Å². The van der Waals surface area contributed by atoms with E-state index in [9.17, 15) is 9.59 Å². The summed E-state index contributed by atoms with van der Waals surface area (Å²) in [5.41, 5.74) is 3.77. The third-order valence-corrected chi connectivity index (χ3v) is 4.22. The first-order chi connectivity index (χ1) is 9.60. The predicted octanol–water partition coefficient (Wildman–Crippen LogP) is 1.58. The van der Waals surface area contributed by atoms with Gasteiger partial charge in [-0.25, -0.2) is 5.01 Å². The van der Waals surface area contributed by atoms with Gasteiger partial charge in [-0.05, 0) is 17.7 Å². The third-order valence-electron chi connectivity index (χ3n) is 3.06. The molecule has 6 heteroatoms. The van der Waals surface area contributed by atoms with Crippen molar-refractivity contribution in [3.8, 4) is 5.75 Å². The van der Waals surface area contributed by atoms with E-state index in [0.717, 1.165) is 17.3 Å². The van der Waals surface area contributed by atoms with Crippen LogP contribution in [-0.4, -0.2) is 35.7 Å². The number of methoxy groups -OCH3 is 1. The fourth-order valence-electron chi connectivity index (χ4n) is 1.97. The van der Waals surface area contributed by atoms with Crippen LogP contribution in [0.1, 0.15) is 18.9 Å². The van der Waals surface area contributed by atoms with Crippen molar-refractivity contribution in [2.24, 2.45) is 0 Å². The van der Waals surface area contributed by atoms with Crippen LogP contribution in [0.4, 0.5) is 0 Å². The number of rotatable bonds is 6. The monoisotopic (exact) mass is 294 g/mol. The minimum Gasteiger partial charge on any atom is -0.497 e. The summed E-state index contributed by atoms with van der Waals surface area (Å²) >= 11 is 1.75. The number of ether oxygens (including phenoxy) is 1. The number of hydrogen-bond acceptors (Lipinski definition) is 4. The average molecular weight is 294 g/mol. The van der Waals surface area contributed by atoms with E-state index in [4.69, 9.17) is 4.74 Å². The molecule has 1 aliphatic rings. The first kappa shape index (κ1) is 14.7. The summed E-state index contributed by atoms with van der Waals surface area (Å²) in [7, 11) is 1.65. The van der Waals surface area contributed by atoms with Crippen molar-refractivity contribution in [3.05, 3.63) is 29.8 Å². The number of carbonyl (C=O) groups excluding carboxylic acids is 2. The van der Waals surface area contributed by atoms with Gasteiger partial charge in [-0.1, -0.05) is 12.1 Å². The van der Waals surface area contributed by atoms with Gasteiger partial charge in [0, 0.05) is 18.4 Å². The Kier molecular flexibility index (Phi) is 4.89. The normalized spacial score (nSPS) is 17.6. The number of benzene rings is 1. The summed E-state index contributed by atoms with van der Waals surface area (Å²) in [6.45, 7) is 1.41. The Hall–Kier alpha value is -1.69. The number of hydrazine groups is 1. The van der Waals surface area contributed by atoms with E-state index in [1.165, 1.54) is 17.5 Å². The van der Waals surface area contributed by atoms with Gasteiger partial charge in [0.05, 0.1) is 19.6 Å². The van der Waals surface area contributed by atoms with Crippen molar-refractivity contribution in [1.82, 2.24) is 10.4 Å². The largest absolute Gasteiger partial charge is 0.497 e. The Labute approximate surface area is 122 Å². The molecule has 1 N–H and O–H groups in total. The second-order valence-corrected chi connectivity index (χ2v) is 5.68. The van der Waals surface area contributed by atoms with Crippen LogP contribution in [-0.2, 0) is 15.3 Å². The molecule has 1 unspecified atom stereocenters. The van der Waals surface area contributed by atoms with Gasteiger partial charge in [0.1, 0.15) is 5.75 Å². The van der Waals surface area contributed by atoms with Gasteiger partial charge in [0.15, 0.2) is 0 Å². The van der Waals surface area contributed by atoms with Crippen molar-refractivity contribution in [2.75, 3.05) is 12.9 Å². The van der Waals surface area contributed by atoms with Crippen molar-refractivity contribution < 1.29 is 14.3 Å². The maximum absolute atomic E-state index is 11.4. The van der Waals surface area contributed by atoms with E-state index in [2.05, 4.69) is 5.43 Å². The highest BCUT2D eigenvalue weighted by Crippen LogP contribution is 2.23. The van der Waals surface area contributed by atoms with Crippen LogP contribution in [0.2, 0.25) is 0 Å². The van der Waals surface area contributed by atoms with E-state index in [-0.39, 0.29) is 17.9 Å². The minimum absolute atomic E-state index is 0.0183. The predicted molar refractivity (Wildman–Crippen MR) is 78.2 cm³/mol. The van der Waals surface area contributed by atoms with Crippen LogP contribution in [0, 0.1) is 0 Å². The van der Waals surface area contributed by atoms with E-state index in [1.807, 2.05) is 24.3 Å². The molecule has 1 fully saturated rings. The fourth-order valence-corrected chi connectivity index (χ4v) is 3.06. The Morgan fingerprint density at radius 3 is 2.70 bits per heavy atom. The topological polar surface area (TPSA) is 58.6 Å². The van der Waals surface area contributed by atoms with E-state index in [1.54, 1.807) is 18.9 Å². The number of hydrogen-bond donors (Lipinski definition) is 1. The number of nitrogens with zero attached hydrogens (tertiary/aromatic N) is 1. The van der Waals surface area contributed by atoms with Crippen molar-refractivity contribution in [3.63, 3.8) is 0 Å². The van der Waals surface area contributed by atoms with Crippen molar-refractivity contribution >= 4 is 23.6 Å². The number of β-lactam (4-membered cyclic amide) rings is 1. The number of nitrogens with one attached hydrogen (secondary N) is 1. The van der Waals surface area contributed by atoms with Crippen molar-refractivity contribution in [2.45, 2.75) is 25.1 Å². The zero-order valence-electron chi connectivity index (χ0n) is 11.6. The first-order valence-electron chi connectivity index (χ1n) is 6.40. The van der Waals surface area contributed by atoms with Gasteiger partial charge in [0.2, 0.25) is 11.8 Å². The fraction of sp³-hybridized carbons (Fsp3) is 0.429. The third kappa shape index (κ3) is 3.66. The van der Waals surface area contributed by atoms with Gasteiger partial charge in [-0.15, -0.1) is 0 Å². The number of thioether (sulfide) groups is 1. The van der Waals surface area contributed by atoms with Crippen molar-refractivity contribution in [1.29, 1.82) is 0 Å². The standard InChI is InChI=1S/C14H18N2O3S/c1-10(17)15-16-12(7-14(16)18)9-20-8-11-3-5-13(19-2)6-4-11/h3-6,12H,7-9H2,1-2H3,(H,15,17). The summed E-state index contributed by atoms with van der Waals surface area (Å²) in [6.07, 6.45) is 0.510. The molecule has 0 aromatic heterocycles. The molecule has 2 rings (SSSR count). The Balaban J connectivity index is 1.75. The summed E-state index contributed by atoms with van der Waals surface area (Å²) in [4.78, 5) is 22.3. The van der Waals surface area contributed by atoms with Gasteiger partial charge in [0.25, 0.3) is 0 Å². The maximum atomic E-state index is 11.4. The summed E-state index contributed by atoms with van der Waals surface area (Å²) in [5.74, 6) is 2.32. The molecule has 1 saturated heterocycles. The van der Waals surface area contributed by atoms with Crippen LogP contribution >= 0.6 is 11.8 Å². The lowest BCUT2D eigenvalue weighted by Gasteiger charge is -2.39. The molecule has 0 aliphatic carbocycles. The molecule has 1 atom stereocenters. The van der Waals surface area contributed by atoms with Gasteiger partial charge in [-0.2, -0.15) is 11.8 Å². The molecule has 108 valence electrons. The Morgan fingerprint density at radius 1 is 1.45 bits per heavy atom. The number of amides is 2. The highest BCUT2D eigenvalue weighted by Gasteiger charge is 2.36. The lowest BCUT2D eigenvalue weighted by molar-refractivity contribution is -0.155. The summed E-state index contributed by atoms with van der Waals surface area (Å²) in [6, 6.07) is 8.04. The van der Waals surface area contributed by atoms with Crippen LogP contribution in [0.15, 0.2) is 24.3 Å². The lowest BCUT2D eigenvalue weighted by atomic mass is 10.1. The van der Waals surface area contributed by atoms with Gasteiger partial charge < -0.3 is 4.74 Å². The first-order valence-corrected chi connectivity index (χ1v) is 7.55. The molecule has 20 heavy (non-hydrogen) atoms. The molecular weight excluding hydrogens is 276 g/mol. The smallest absolute Gasteiger partial charge is 0.243 e. The molecule has 2 amide bonds. The zero-order chi connectivity index (χ0) is 14.5. The maximum Gasteiger partial charge on any atom is 0.243 e. The van der Waals surface area contributed by atoms with Crippen LogP contribution in [0.3, 0.4) is 0 Å². The Morgan fingerprint density at radius 2 is 2.15 bits per heavy atom. The molecule has 1 aromatic rings. The van der Waals surface area contributed by atoms with E-state index in [0.29, 0.717) is 6.42 Å². The summed E-state index contributed by atoms with van der Waals surface area (Å²) in [5, 5.41) is 1.43. The molecule has 0 saturated carbocycles. The van der Waals surface area contributed by atoms with Crippen LogP contribution in [0.25, 0.3) is 0 Å². The molecule has 0 bridgehead atoms. The molecule has 1 aromatic carbocycles. The second kappa shape index (κ2) is 6.65. The lowest BCUT2D eigenvalue weighted by Crippen LogP contribution is -2.61. The molecule has 1 heterocycles. The highest BCUT2D eigenvalue weighted by molar-refractivity contribution is 7.98. The minimum atomic E-state index is -0.205. The second-order valence-electron chi connectivity index (χ2n) is 4.65. The summed E-state index contributed by atoms with van der Waals surface area (Å²) < 4.78 is 5.11. The highest BCUT2D eigenvalue weighted by atomic mass is 32.2. The van der Waals surface area contributed by atoms with Gasteiger partial charge >= 0.3 is 0 Å². The molecule has 5 nitrogen and oxygen atoms in total. The molecule has 0 spiro atoms.